The molecule has 0 saturated carbocycles. The standard InChI is InChI=1S/C14H29N3O2/c1-12(5-4-6-15)13(18)17-9-7-16(8-10-17)11-14(2,3)19/h12,19H,4-11,15H2,1-3H3. The van der Waals surface area contributed by atoms with Gasteiger partial charge in [-0.25, -0.2) is 0 Å². The topological polar surface area (TPSA) is 69.8 Å². The lowest BCUT2D eigenvalue weighted by Crippen LogP contribution is -2.52. The molecule has 112 valence electrons. The van der Waals surface area contributed by atoms with Crippen LogP contribution in [0.25, 0.3) is 0 Å². The Balaban J connectivity index is 2.34. The maximum absolute atomic E-state index is 12.2. The summed E-state index contributed by atoms with van der Waals surface area (Å²) in [6, 6.07) is 0. The van der Waals surface area contributed by atoms with Crippen LogP contribution in [0.2, 0.25) is 0 Å². The van der Waals surface area contributed by atoms with Crippen LogP contribution in [0.3, 0.4) is 0 Å². The van der Waals surface area contributed by atoms with Crippen LogP contribution in [0.15, 0.2) is 0 Å². The Kier molecular flexibility index (Phi) is 6.23. The Hall–Kier alpha value is -0.650. The van der Waals surface area contributed by atoms with E-state index in [0.29, 0.717) is 13.1 Å². The summed E-state index contributed by atoms with van der Waals surface area (Å²) in [7, 11) is 0. The summed E-state index contributed by atoms with van der Waals surface area (Å²) in [6.45, 7) is 10.2. The van der Waals surface area contributed by atoms with Crippen molar-refractivity contribution < 1.29 is 9.90 Å². The van der Waals surface area contributed by atoms with Crippen molar-refractivity contribution in [1.29, 1.82) is 0 Å². The Morgan fingerprint density at radius 2 is 1.89 bits per heavy atom. The second-order valence-corrected chi connectivity index (χ2v) is 6.25. The number of nitrogens with two attached hydrogens (primary N) is 1. The number of hydrogen-bond acceptors (Lipinski definition) is 4. The molecule has 1 aliphatic heterocycles. The minimum absolute atomic E-state index is 0.0735. The minimum Gasteiger partial charge on any atom is -0.389 e. The molecule has 1 saturated heterocycles. The molecule has 5 heteroatoms. The van der Waals surface area contributed by atoms with Gasteiger partial charge >= 0.3 is 0 Å². The summed E-state index contributed by atoms with van der Waals surface area (Å²) in [4.78, 5) is 16.4. The molecule has 0 bridgehead atoms. The van der Waals surface area contributed by atoms with E-state index in [4.69, 9.17) is 5.73 Å². The molecule has 1 atom stereocenters. The highest BCUT2D eigenvalue weighted by Crippen LogP contribution is 2.13. The SMILES string of the molecule is CC(CCCN)C(=O)N1CCN(CC(C)(C)O)CC1. The van der Waals surface area contributed by atoms with Crippen molar-refractivity contribution in [2.75, 3.05) is 39.3 Å². The number of carbonyl (C=O) groups excluding carboxylic acids is 1. The first-order chi connectivity index (χ1) is 8.83. The zero-order valence-corrected chi connectivity index (χ0v) is 12.6. The van der Waals surface area contributed by atoms with Gasteiger partial charge in [0.2, 0.25) is 5.91 Å². The molecule has 1 rings (SSSR count). The number of β-amino-alcohol motifs (C(OH)–C–C–N with tert-alkyl or cyclic N) is 1. The van der Waals surface area contributed by atoms with Crippen LogP contribution < -0.4 is 5.73 Å². The first-order valence-corrected chi connectivity index (χ1v) is 7.27. The van der Waals surface area contributed by atoms with Crippen molar-refractivity contribution in [2.45, 2.75) is 39.2 Å². The molecule has 1 fully saturated rings. The molecular formula is C14H29N3O2. The van der Waals surface area contributed by atoms with Gasteiger partial charge in [-0.1, -0.05) is 6.92 Å². The predicted octanol–water partition coefficient (Wildman–Crippen LogP) is 0.277. The van der Waals surface area contributed by atoms with Gasteiger partial charge in [0.25, 0.3) is 0 Å². The molecule has 3 N–H and O–H groups in total. The smallest absolute Gasteiger partial charge is 0.225 e. The van der Waals surface area contributed by atoms with E-state index < -0.39 is 5.60 Å². The monoisotopic (exact) mass is 271 g/mol. The molecule has 5 nitrogen and oxygen atoms in total. The molecule has 0 aromatic rings. The summed E-state index contributed by atoms with van der Waals surface area (Å²) in [5.41, 5.74) is 4.81. The number of piperazine rings is 1. The molecule has 1 heterocycles. The van der Waals surface area contributed by atoms with Gasteiger partial charge in [-0.05, 0) is 33.2 Å². The van der Waals surface area contributed by atoms with Crippen LogP contribution >= 0.6 is 0 Å². The number of amides is 1. The Morgan fingerprint density at radius 1 is 1.32 bits per heavy atom. The van der Waals surface area contributed by atoms with Crippen LogP contribution in [-0.2, 0) is 4.79 Å². The van der Waals surface area contributed by atoms with Gasteiger partial charge in [0.15, 0.2) is 0 Å². The zero-order chi connectivity index (χ0) is 14.5. The Morgan fingerprint density at radius 3 is 2.37 bits per heavy atom. The van der Waals surface area contributed by atoms with Gasteiger partial charge in [0.05, 0.1) is 5.60 Å². The normalized spacial score (nSPS) is 19.5. The van der Waals surface area contributed by atoms with Crippen molar-refractivity contribution in [1.82, 2.24) is 9.80 Å². The third-order valence-corrected chi connectivity index (χ3v) is 3.56. The lowest BCUT2D eigenvalue weighted by Gasteiger charge is -2.38. The van der Waals surface area contributed by atoms with E-state index in [-0.39, 0.29) is 11.8 Å². The van der Waals surface area contributed by atoms with E-state index in [9.17, 15) is 9.90 Å². The average Bonchev–Trinajstić information content (AvgIpc) is 2.34. The third-order valence-electron chi connectivity index (χ3n) is 3.56. The number of carbonyl (C=O) groups is 1. The molecule has 1 unspecified atom stereocenters. The van der Waals surface area contributed by atoms with E-state index in [1.165, 1.54) is 0 Å². The lowest BCUT2D eigenvalue weighted by molar-refractivity contribution is -0.137. The maximum atomic E-state index is 12.2. The summed E-state index contributed by atoms with van der Waals surface area (Å²) in [5.74, 6) is 0.320. The van der Waals surface area contributed by atoms with E-state index >= 15 is 0 Å². The van der Waals surface area contributed by atoms with Crippen LogP contribution in [0, 0.1) is 5.92 Å². The van der Waals surface area contributed by atoms with Gasteiger partial charge < -0.3 is 15.7 Å². The molecule has 0 radical (unpaired) electrons. The van der Waals surface area contributed by atoms with Crippen molar-refractivity contribution in [3.63, 3.8) is 0 Å². The first kappa shape index (κ1) is 16.4. The van der Waals surface area contributed by atoms with Crippen LogP contribution in [0.5, 0.6) is 0 Å². The predicted molar refractivity (Wildman–Crippen MR) is 76.8 cm³/mol. The second kappa shape index (κ2) is 7.22. The molecule has 0 aromatic heterocycles. The molecule has 19 heavy (non-hydrogen) atoms. The fourth-order valence-electron chi connectivity index (χ4n) is 2.53. The van der Waals surface area contributed by atoms with Crippen molar-refractivity contribution in [3.05, 3.63) is 0 Å². The highest BCUT2D eigenvalue weighted by Gasteiger charge is 2.26. The van der Waals surface area contributed by atoms with Crippen LogP contribution in [0.1, 0.15) is 33.6 Å². The van der Waals surface area contributed by atoms with Crippen LogP contribution in [-0.4, -0.2) is 65.7 Å². The molecule has 0 aromatic carbocycles. The molecule has 0 spiro atoms. The molecule has 1 amide bonds. The minimum atomic E-state index is -0.666. The fraction of sp³-hybridized carbons (Fsp3) is 0.929. The summed E-state index contributed by atoms with van der Waals surface area (Å²) in [5, 5.41) is 9.80. The van der Waals surface area contributed by atoms with Gasteiger partial charge in [0.1, 0.15) is 0 Å². The van der Waals surface area contributed by atoms with Crippen molar-refractivity contribution in [2.24, 2.45) is 11.7 Å². The highest BCUT2D eigenvalue weighted by atomic mass is 16.3. The lowest BCUT2D eigenvalue weighted by atomic mass is 10.0. The second-order valence-electron chi connectivity index (χ2n) is 6.25. The number of hydrogen-bond donors (Lipinski definition) is 2. The highest BCUT2D eigenvalue weighted by molar-refractivity contribution is 5.78. The van der Waals surface area contributed by atoms with E-state index in [1.54, 1.807) is 0 Å². The third kappa shape index (κ3) is 5.89. The largest absolute Gasteiger partial charge is 0.389 e. The van der Waals surface area contributed by atoms with Crippen molar-refractivity contribution >= 4 is 5.91 Å². The summed E-state index contributed by atoms with van der Waals surface area (Å²) >= 11 is 0. The van der Waals surface area contributed by atoms with E-state index in [0.717, 1.165) is 39.0 Å². The zero-order valence-electron chi connectivity index (χ0n) is 12.6. The van der Waals surface area contributed by atoms with Gasteiger partial charge in [-0.3, -0.25) is 9.69 Å². The van der Waals surface area contributed by atoms with Crippen LogP contribution in [0.4, 0.5) is 0 Å². The number of nitrogens with zero attached hydrogens (tertiary/aromatic N) is 2. The molecular weight excluding hydrogens is 242 g/mol. The fourth-order valence-corrected chi connectivity index (χ4v) is 2.53. The van der Waals surface area contributed by atoms with Gasteiger partial charge in [0, 0.05) is 38.6 Å². The number of rotatable bonds is 6. The van der Waals surface area contributed by atoms with E-state index in [2.05, 4.69) is 4.90 Å². The van der Waals surface area contributed by atoms with Gasteiger partial charge in [-0.2, -0.15) is 0 Å². The van der Waals surface area contributed by atoms with Crippen molar-refractivity contribution in [3.8, 4) is 0 Å². The molecule has 1 aliphatic rings. The van der Waals surface area contributed by atoms with Gasteiger partial charge in [-0.15, -0.1) is 0 Å². The average molecular weight is 271 g/mol. The molecule has 0 aliphatic carbocycles. The first-order valence-electron chi connectivity index (χ1n) is 7.27. The summed E-state index contributed by atoms with van der Waals surface area (Å²) in [6.07, 6.45) is 1.78. The Bertz CT molecular complexity index is 281. The Labute approximate surface area is 116 Å². The van der Waals surface area contributed by atoms with E-state index in [1.807, 2.05) is 25.7 Å². The summed E-state index contributed by atoms with van der Waals surface area (Å²) < 4.78 is 0. The maximum Gasteiger partial charge on any atom is 0.225 e. The quantitative estimate of drug-likeness (QED) is 0.728. The number of aliphatic hydroxyl groups is 1.